The minimum atomic E-state index is 0.163. The van der Waals surface area contributed by atoms with E-state index in [9.17, 15) is 0 Å². The summed E-state index contributed by atoms with van der Waals surface area (Å²) in [6.07, 6.45) is 7.65. The van der Waals surface area contributed by atoms with Crippen LogP contribution < -0.4 is 5.73 Å². The van der Waals surface area contributed by atoms with Gasteiger partial charge >= 0.3 is 0 Å². The Labute approximate surface area is 65.7 Å². The summed E-state index contributed by atoms with van der Waals surface area (Å²) < 4.78 is 0. The maximum atomic E-state index is 5.92. The van der Waals surface area contributed by atoms with Crippen LogP contribution in [-0.2, 0) is 0 Å². The molecular formula is C8H11N3. The number of hydrogen-bond donors (Lipinski definition) is 1. The molecule has 58 valence electrons. The highest BCUT2D eigenvalue weighted by molar-refractivity contribution is 5.11. The zero-order valence-electron chi connectivity index (χ0n) is 6.27. The van der Waals surface area contributed by atoms with Crippen molar-refractivity contribution < 1.29 is 0 Å². The van der Waals surface area contributed by atoms with Gasteiger partial charge in [0.15, 0.2) is 0 Å². The summed E-state index contributed by atoms with van der Waals surface area (Å²) in [6.45, 7) is 0. The number of aromatic nitrogens is 2. The Hall–Kier alpha value is -0.960. The average Bonchev–Trinajstić information content (AvgIpc) is 2.87. The molecule has 0 aliphatic heterocycles. The van der Waals surface area contributed by atoms with Crippen molar-refractivity contribution in [3.8, 4) is 0 Å². The van der Waals surface area contributed by atoms with E-state index < -0.39 is 0 Å². The Morgan fingerprint density at radius 1 is 1.36 bits per heavy atom. The maximum Gasteiger partial charge on any atom is 0.115 e. The first-order valence-corrected chi connectivity index (χ1v) is 3.88. The lowest BCUT2D eigenvalue weighted by molar-refractivity contribution is 0.627. The van der Waals surface area contributed by atoms with Gasteiger partial charge in [0.1, 0.15) is 6.33 Å². The largest absolute Gasteiger partial charge is 0.324 e. The summed E-state index contributed by atoms with van der Waals surface area (Å²) in [5.41, 5.74) is 6.99. The predicted molar refractivity (Wildman–Crippen MR) is 41.7 cm³/mol. The molecule has 1 saturated carbocycles. The van der Waals surface area contributed by atoms with Crippen molar-refractivity contribution in [2.75, 3.05) is 0 Å². The second kappa shape index (κ2) is 2.58. The van der Waals surface area contributed by atoms with E-state index >= 15 is 0 Å². The van der Waals surface area contributed by atoms with Crippen LogP contribution in [0.1, 0.15) is 24.4 Å². The summed E-state index contributed by atoms with van der Waals surface area (Å²) in [5, 5.41) is 0. The first kappa shape index (κ1) is 6.73. The normalized spacial score (nSPS) is 19.7. The van der Waals surface area contributed by atoms with E-state index in [4.69, 9.17) is 5.73 Å². The van der Waals surface area contributed by atoms with Gasteiger partial charge in [-0.25, -0.2) is 9.97 Å². The standard InChI is InChI=1S/C8H11N3/c9-8(6-1-2-6)7-3-10-5-11-4-7/h3-6,8H,1-2,9H2. The van der Waals surface area contributed by atoms with Gasteiger partial charge in [-0.15, -0.1) is 0 Å². The van der Waals surface area contributed by atoms with Crippen molar-refractivity contribution in [1.82, 2.24) is 9.97 Å². The zero-order valence-corrected chi connectivity index (χ0v) is 6.27. The average molecular weight is 149 g/mol. The molecular weight excluding hydrogens is 138 g/mol. The third kappa shape index (κ3) is 1.38. The molecule has 0 saturated heterocycles. The van der Waals surface area contributed by atoms with Crippen LogP contribution >= 0.6 is 0 Å². The van der Waals surface area contributed by atoms with Crippen molar-refractivity contribution in [2.45, 2.75) is 18.9 Å². The molecule has 1 unspecified atom stereocenters. The van der Waals surface area contributed by atoms with E-state index in [1.807, 2.05) is 0 Å². The lowest BCUT2D eigenvalue weighted by Gasteiger charge is -2.07. The topological polar surface area (TPSA) is 51.8 Å². The molecule has 0 amide bonds. The third-order valence-corrected chi connectivity index (χ3v) is 2.10. The van der Waals surface area contributed by atoms with E-state index in [1.165, 1.54) is 19.2 Å². The van der Waals surface area contributed by atoms with Crippen molar-refractivity contribution in [3.63, 3.8) is 0 Å². The van der Waals surface area contributed by atoms with Crippen LogP contribution in [0.5, 0.6) is 0 Å². The summed E-state index contributed by atoms with van der Waals surface area (Å²) in [7, 11) is 0. The lowest BCUT2D eigenvalue weighted by atomic mass is 10.1. The molecule has 0 spiro atoms. The lowest BCUT2D eigenvalue weighted by Crippen LogP contribution is -2.12. The second-order valence-corrected chi connectivity index (χ2v) is 3.04. The van der Waals surface area contributed by atoms with Gasteiger partial charge in [-0.2, -0.15) is 0 Å². The molecule has 1 heterocycles. The minimum absolute atomic E-state index is 0.163. The molecule has 2 rings (SSSR count). The van der Waals surface area contributed by atoms with Gasteiger partial charge in [-0.05, 0) is 18.8 Å². The molecule has 3 nitrogen and oxygen atoms in total. The number of rotatable bonds is 2. The van der Waals surface area contributed by atoms with Crippen LogP contribution in [0, 0.1) is 5.92 Å². The van der Waals surface area contributed by atoms with Crippen LogP contribution in [0.15, 0.2) is 18.7 Å². The fourth-order valence-corrected chi connectivity index (χ4v) is 1.21. The Bertz CT molecular complexity index is 230. The molecule has 0 radical (unpaired) electrons. The maximum absolute atomic E-state index is 5.92. The summed E-state index contributed by atoms with van der Waals surface area (Å²) >= 11 is 0. The third-order valence-electron chi connectivity index (χ3n) is 2.10. The van der Waals surface area contributed by atoms with Gasteiger partial charge in [0.05, 0.1) is 0 Å². The second-order valence-electron chi connectivity index (χ2n) is 3.04. The molecule has 1 aliphatic carbocycles. The van der Waals surface area contributed by atoms with Crippen LogP contribution in [-0.4, -0.2) is 9.97 Å². The van der Waals surface area contributed by atoms with E-state index in [0.29, 0.717) is 5.92 Å². The van der Waals surface area contributed by atoms with Crippen molar-refractivity contribution in [1.29, 1.82) is 0 Å². The highest BCUT2D eigenvalue weighted by Crippen LogP contribution is 2.38. The number of nitrogens with zero attached hydrogens (tertiary/aromatic N) is 2. The van der Waals surface area contributed by atoms with Gasteiger partial charge in [0.2, 0.25) is 0 Å². The fourth-order valence-electron chi connectivity index (χ4n) is 1.21. The molecule has 1 aromatic heterocycles. The number of hydrogen-bond acceptors (Lipinski definition) is 3. The van der Waals surface area contributed by atoms with E-state index in [0.717, 1.165) is 5.56 Å². The van der Waals surface area contributed by atoms with E-state index in [2.05, 4.69) is 9.97 Å². The van der Waals surface area contributed by atoms with E-state index in [1.54, 1.807) is 12.4 Å². The first-order valence-electron chi connectivity index (χ1n) is 3.88. The Morgan fingerprint density at radius 3 is 2.55 bits per heavy atom. The van der Waals surface area contributed by atoms with Crippen LogP contribution in [0.25, 0.3) is 0 Å². The predicted octanol–water partition coefficient (Wildman–Crippen LogP) is 0.886. The first-order chi connectivity index (χ1) is 5.38. The molecule has 0 bridgehead atoms. The molecule has 0 aromatic carbocycles. The molecule has 1 atom stereocenters. The van der Waals surface area contributed by atoms with E-state index in [-0.39, 0.29) is 6.04 Å². The SMILES string of the molecule is NC(c1cncnc1)C1CC1. The van der Waals surface area contributed by atoms with Crippen molar-refractivity contribution >= 4 is 0 Å². The molecule has 1 aliphatic rings. The number of nitrogens with two attached hydrogens (primary N) is 1. The van der Waals surface area contributed by atoms with Gasteiger partial charge in [0.25, 0.3) is 0 Å². The molecule has 11 heavy (non-hydrogen) atoms. The Morgan fingerprint density at radius 2 is 2.00 bits per heavy atom. The van der Waals surface area contributed by atoms with Gasteiger partial charge in [-0.3, -0.25) is 0 Å². The van der Waals surface area contributed by atoms with Crippen molar-refractivity contribution in [2.24, 2.45) is 11.7 Å². The van der Waals surface area contributed by atoms with Gasteiger partial charge in [0, 0.05) is 24.0 Å². The smallest absolute Gasteiger partial charge is 0.115 e. The molecule has 2 N–H and O–H groups in total. The zero-order chi connectivity index (χ0) is 7.68. The Balaban J connectivity index is 2.15. The monoisotopic (exact) mass is 149 g/mol. The summed E-state index contributed by atoms with van der Waals surface area (Å²) in [5.74, 6) is 0.681. The highest BCUT2D eigenvalue weighted by atomic mass is 14.8. The fraction of sp³-hybridized carbons (Fsp3) is 0.500. The highest BCUT2D eigenvalue weighted by Gasteiger charge is 2.29. The van der Waals surface area contributed by atoms with Crippen molar-refractivity contribution in [3.05, 3.63) is 24.3 Å². The van der Waals surface area contributed by atoms with Crippen LogP contribution in [0.3, 0.4) is 0 Å². The van der Waals surface area contributed by atoms with Crippen LogP contribution in [0.2, 0.25) is 0 Å². The summed E-state index contributed by atoms with van der Waals surface area (Å²) in [6, 6.07) is 0.163. The minimum Gasteiger partial charge on any atom is -0.324 e. The Kier molecular flexibility index (Phi) is 1.58. The van der Waals surface area contributed by atoms with Gasteiger partial charge in [-0.1, -0.05) is 0 Å². The molecule has 1 fully saturated rings. The van der Waals surface area contributed by atoms with Crippen LogP contribution in [0.4, 0.5) is 0 Å². The molecule has 1 aromatic rings. The van der Waals surface area contributed by atoms with Gasteiger partial charge < -0.3 is 5.73 Å². The summed E-state index contributed by atoms with van der Waals surface area (Å²) in [4.78, 5) is 7.85. The quantitative estimate of drug-likeness (QED) is 0.679. The molecule has 3 heteroatoms.